The Morgan fingerprint density at radius 2 is 1.83 bits per heavy atom. The standard InChI is InChI=1S/C20H18F3N3O3S/c1-26(19-25-17(11-30-19)20(21,22)23)13-6-4-12(5-7-13)24-16-9-8-14(28-2)10-15(16)18(27)29-3/h4-11,24H,1-3H3. The van der Waals surface area contributed by atoms with Gasteiger partial charge < -0.3 is 19.7 Å². The molecule has 1 heterocycles. The normalized spacial score (nSPS) is 11.1. The van der Waals surface area contributed by atoms with Crippen LogP contribution in [0.3, 0.4) is 0 Å². The number of ether oxygens (including phenoxy) is 2. The van der Waals surface area contributed by atoms with Crippen LogP contribution in [0.2, 0.25) is 0 Å². The van der Waals surface area contributed by atoms with E-state index in [4.69, 9.17) is 9.47 Å². The summed E-state index contributed by atoms with van der Waals surface area (Å²) in [5, 5.41) is 4.35. The van der Waals surface area contributed by atoms with E-state index in [-0.39, 0.29) is 5.13 Å². The number of hydrogen-bond donors (Lipinski definition) is 1. The fourth-order valence-electron chi connectivity index (χ4n) is 2.62. The number of nitrogens with one attached hydrogen (secondary N) is 1. The highest BCUT2D eigenvalue weighted by Gasteiger charge is 2.34. The van der Waals surface area contributed by atoms with E-state index in [1.165, 1.54) is 14.2 Å². The third-order valence-corrected chi connectivity index (χ3v) is 5.15. The molecule has 0 saturated carbocycles. The minimum atomic E-state index is -4.47. The SMILES string of the molecule is COC(=O)c1cc(OC)ccc1Nc1ccc(N(C)c2nc(C(F)(F)F)cs2)cc1. The minimum Gasteiger partial charge on any atom is -0.497 e. The van der Waals surface area contributed by atoms with Crippen LogP contribution in [0.15, 0.2) is 47.8 Å². The summed E-state index contributed by atoms with van der Waals surface area (Å²) >= 11 is 0.913. The largest absolute Gasteiger partial charge is 0.497 e. The number of carbonyl (C=O) groups is 1. The van der Waals surface area contributed by atoms with E-state index in [2.05, 4.69) is 10.3 Å². The van der Waals surface area contributed by atoms with Crippen molar-refractivity contribution in [1.29, 1.82) is 0 Å². The van der Waals surface area contributed by atoms with Gasteiger partial charge in [-0.1, -0.05) is 0 Å². The number of anilines is 4. The first kappa shape index (κ1) is 21.4. The molecule has 6 nitrogen and oxygen atoms in total. The summed E-state index contributed by atoms with van der Waals surface area (Å²) in [4.78, 5) is 17.3. The lowest BCUT2D eigenvalue weighted by Gasteiger charge is -2.17. The van der Waals surface area contributed by atoms with Crippen LogP contribution < -0.4 is 15.0 Å². The van der Waals surface area contributed by atoms with Crippen LogP contribution in [0.25, 0.3) is 0 Å². The van der Waals surface area contributed by atoms with Gasteiger partial charge >= 0.3 is 12.1 Å². The second-order valence-corrected chi connectivity index (χ2v) is 6.98. The number of benzene rings is 2. The molecule has 0 unspecified atom stereocenters. The van der Waals surface area contributed by atoms with E-state index in [0.717, 1.165) is 16.7 Å². The Morgan fingerprint density at radius 1 is 1.13 bits per heavy atom. The van der Waals surface area contributed by atoms with Gasteiger partial charge in [-0.3, -0.25) is 0 Å². The number of aromatic nitrogens is 1. The second kappa shape index (κ2) is 8.62. The number of halogens is 3. The van der Waals surface area contributed by atoms with Crippen LogP contribution in [0.1, 0.15) is 16.1 Å². The van der Waals surface area contributed by atoms with Crippen LogP contribution in [0.4, 0.5) is 35.4 Å². The summed E-state index contributed by atoms with van der Waals surface area (Å²) < 4.78 is 48.3. The molecule has 0 atom stereocenters. The first-order valence-corrected chi connectivity index (χ1v) is 9.51. The Balaban J connectivity index is 1.79. The molecule has 0 amide bonds. The van der Waals surface area contributed by atoms with Crippen molar-refractivity contribution in [2.24, 2.45) is 0 Å². The van der Waals surface area contributed by atoms with Crippen LogP contribution in [-0.2, 0) is 10.9 Å². The molecule has 30 heavy (non-hydrogen) atoms. The molecule has 2 aromatic carbocycles. The van der Waals surface area contributed by atoms with Crippen molar-refractivity contribution >= 4 is 39.5 Å². The Kier molecular flexibility index (Phi) is 6.16. The summed E-state index contributed by atoms with van der Waals surface area (Å²) in [5.74, 6) is -0.00316. The highest BCUT2D eigenvalue weighted by atomic mass is 32.1. The number of nitrogens with zero attached hydrogens (tertiary/aromatic N) is 2. The first-order chi connectivity index (χ1) is 14.2. The lowest BCUT2D eigenvalue weighted by molar-refractivity contribution is -0.140. The molecule has 0 aliphatic carbocycles. The zero-order valence-electron chi connectivity index (χ0n) is 16.3. The lowest BCUT2D eigenvalue weighted by Crippen LogP contribution is -2.11. The highest BCUT2D eigenvalue weighted by molar-refractivity contribution is 7.13. The van der Waals surface area contributed by atoms with Crippen LogP contribution in [0.5, 0.6) is 5.75 Å². The maximum atomic E-state index is 12.8. The van der Waals surface area contributed by atoms with E-state index in [0.29, 0.717) is 28.4 Å². The van der Waals surface area contributed by atoms with E-state index in [1.54, 1.807) is 54.4 Å². The molecule has 0 bridgehead atoms. The second-order valence-electron chi connectivity index (χ2n) is 6.15. The molecule has 0 aliphatic rings. The minimum absolute atomic E-state index is 0.228. The van der Waals surface area contributed by atoms with Gasteiger partial charge in [0.2, 0.25) is 0 Å². The lowest BCUT2D eigenvalue weighted by atomic mass is 10.1. The van der Waals surface area contributed by atoms with Crippen LogP contribution in [-0.4, -0.2) is 32.2 Å². The maximum Gasteiger partial charge on any atom is 0.434 e. The quantitative estimate of drug-likeness (QED) is 0.516. The van der Waals surface area contributed by atoms with Gasteiger partial charge in [0.25, 0.3) is 0 Å². The fourth-order valence-corrected chi connectivity index (χ4v) is 3.44. The molecular formula is C20H18F3N3O3S. The summed E-state index contributed by atoms with van der Waals surface area (Å²) in [5.41, 5.74) is 1.26. The predicted octanol–water partition coefficient (Wildman–Crippen LogP) is 5.47. The molecular weight excluding hydrogens is 419 g/mol. The van der Waals surface area contributed by atoms with Gasteiger partial charge in [0, 0.05) is 23.8 Å². The van der Waals surface area contributed by atoms with Crippen LogP contribution >= 0.6 is 11.3 Å². The Hall–Kier alpha value is -3.27. The Labute approximate surface area is 174 Å². The molecule has 1 aromatic heterocycles. The third kappa shape index (κ3) is 4.65. The third-order valence-electron chi connectivity index (χ3n) is 4.24. The van der Waals surface area contributed by atoms with Gasteiger partial charge in [-0.05, 0) is 42.5 Å². The van der Waals surface area contributed by atoms with Crippen molar-refractivity contribution in [2.75, 3.05) is 31.5 Å². The number of esters is 1. The molecule has 0 saturated heterocycles. The molecule has 3 rings (SSSR count). The number of rotatable bonds is 6. The highest BCUT2D eigenvalue weighted by Crippen LogP contribution is 2.35. The van der Waals surface area contributed by atoms with Crippen molar-refractivity contribution in [1.82, 2.24) is 4.98 Å². The Bertz CT molecular complexity index is 1040. The van der Waals surface area contributed by atoms with Crippen molar-refractivity contribution < 1.29 is 27.4 Å². The molecule has 10 heteroatoms. The number of alkyl halides is 3. The van der Waals surface area contributed by atoms with E-state index in [9.17, 15) is 18.0 Å². The zero-order valence-corrected chi connectivity index (χ0v) is 17.1. The summed E-state index contributed by atoms with van der Waals surface area (Å²) in [6.07, 6.45) is -4.47. The topological polar surface area (TPSA) is 63.7 Å². The summed E-state index contributed by atoms with van der Waals surface area (Å²) in [7, 11) is 4.43. The van der Waals surface area contributed by atoms with Gasteiger partial charge in [0.15, 0.2) is 10.8 Å². The predicted molar refractivity (Wildman–Crippen MR) is 109 cm³/mol. The average Bonchev–Trinajstić information content (AvgIpc) is 3.24. The van der Waals surface area contributed by atoms with Crippen molar-refractivity contribution in [3.05, 3.63) is 59.1 Å². The van der Waals surface area contributed by atoms with Gasteiger partial charge in [-0.25, -0.2) is 9.78 Å². The molecule has 1 N–H and O–H groups in total. The molecule has 158 valence electrons. The smallest absolute Gasteiger partial charge is 0.434 e. The molecule has 0 spiro atoms. The molecule has 3 aromatic rings. The van der Waals surface area contributed by atoms with E-state index >= 15 is 0 Å². The number of hydrogen-bond acceptors (Lipinski definition) is 7. The van der Waals surface area contributed by atoms with Gasteiger partial charge in [0.05, 0.1) is 25.5 Å². The van der Waals surface area contributed by atoms with Crippen molar-refractivity contribution in [2.45, 2.75) is 6.18 Å². The summed E-state index contributed by atoms with van der Waals surface area (Å²) in [6, 6.07) is 11.9. The van der Waals surface area contributed by atoms with Crippen molar-refractivity contribution in [3.63, 3.8) is 0 Å². The van der Waals surface area contributed by atoms with E-state index < -0.39 is 17.8 Å². The van der Waals surface area contributed by atoms with Gasteiger partial charge in [-0.2, -0.15) is 13.2 Å². The van der Waals surface area contributed by atoms with E-state index in [1.807, 2.05) is 0 Å². The molecule has 0 fully saturated rings. The van der Waals surface area contributed by atoms with Gasteiger partial charge in [-0.15, -0.1) is 11.3 Å². The number of methoxy groups -OCH3 is 2. The zero-order chi connectivity index (χ0) is 21.9. The molecule has 0 radical (unpaired) electrons. The fraction of sp³-hybridized carbons (Fsp3) is 0.200. The van der Waals surface area contributed by atoms with Crippen molar-refractivity contribution in [3.8, 4) is 5.75 Å². The molecule has 0 aliphatic heterocycles. The average molecular weight is 437 g/mol. The Morgan fingerprint density at radius 3 is 2.40 bits per heavy atom. The monoisotopic (exact) mass is 437 g/mol. The van der Waals surface area contributed by atoms with Gasteiger partial charge in [0.1, 0.15) is 5.75 Å². The number of carbonyl (C=O) groups excluding carboxylic acids is 1. The van der Waals surface area contributed by atoms with Crippen LogP contribution in [0, 0.1) is 0 Å². The number of thiazole rings is 1. The maximum absolute atomic E-state index is 12.8. The summed E-state index contributed by atoms with van der Waals surface area (Å²) in [6.45, 7) is 0. The first-order valence-electron chi connectivity index (χ1n) is 8.63.